The third kappa shape index (κ3) is 4.03. The zero-order valence-corrected chi connectivity index (χ0v) is 15.9. The largest absolute Gasteiger partial charge is 0.288 e. The first-order chi connectivity index (χ1) is 13.6. The van der Waals surface area contributed by atoms with Crippen LogP contribution < -0.4 is 5.48 Å². The van der Waals surface area contributed by atoms with Crippen molar-refractivity contribution in [3.05, 3.63) is 76.5 Å². The summed E-state index contributed by atoms with van der Waals surface area (Å²) in [5.41, 5.74) is 6.30. The molecule has 0 saturated carbocycles. The smallest absolute Gasteiger partial charge is 0.274 e. The van der Waals surface area contributed by atoms with Gasteiger partial charge in [-0.1, -0.05) is 17.7 Å². The fourth-order valence-electron chi connectivity index (χ4n) is 3.66. The van der Waals surface area contributed by atoms with Gasteiger partial charge < -0.3 is 0 Å². The van der Waals surface area contributed by atoms with Crippen LogP contribution in [0.4, 0.5) is 0 Å². The second-order valence-electron chi connectivity index (χ2n) is 6.97. The van der Waals surface area contributed by atoms with Crippen LogP contribution in [-0.2, 0) is 19.3 Å². The Morgan fingerprint density at radius 1 is 1.18 bits per heavy atom. The molecule has 1 unspecified atom stereocenters. The minimum Gasteiger partial charge on any atom is -0.288 e. The van der Waals surface area contributed by atoms with Gasteiger partial charge in [-0.25, -0.2) is 20.4 Å². The number of benzene rings is 1. The predicted molar refractivity (Wildman–Crippen MR) is 105 cm³/mol. The Morgan fingerprint density at radius 2 is 2.07 bits per heavy atom. The summed E-state index contributed by atoms with van der Waals surface area (Å²) in [5.74, 6) is 0.709. The molecule has 2 N–H and O–H groups in total. The minimum atomic E-state index is -0.488. The van der Waals surface area contributed by atoms with E-state index < -0.39 is 5.91 Å². The highest BCUT2D eigenvalue weighted by molar-refractivity contribution is 6.29. The summed E-state index contributed by atoms with van der Waals surface area (Å²) in [6.45, 7) is 0. The molecule has 1 aliphatic carbocycles. The maximum atomic E-state index is 11.7. The van der Waals surface area contributed by atoms with Gasteiger partial charge in [-0.15, -0.1) is 0 Å². The molecule has 4 rings (SSSR count). The molecular weight excluding hydrogens is 376 g/mol. The molecule has 0 aliphatic heterocycles. The van der Waals surface area contributed by atoms with Gasteiger partial charge >= 0.3 is 0 Å². The van der Waals surface area contributed by atoms with Crippen LogP contribution in [0.3, 0.4) is 0 Å². The van der Waals surface area contributed by atoms with Crippen molar-refractivity contribution in [3.63, 3.8) is 0 Å². The molecule has 0 fully saturated rings. The number of carbonyl (C=O) groups is 1. The first-order valence-corrected chi connectivity index (χ1v) is 9.50. The molecule has 0 radical (unpaired) electrons. The van der Waals surface area contributed by atoms with Gasteiger partial charge in [-0.2, -0.15) is 0 Å². The first kappa shape index (κ1) is 18.5. The highest BCUT2D eigenvalue weighted by atomic mass is 35.5. The average Bonchev–Trinajstić information content (AvgIpc) is 2.73. The molecule has 1 aromatic carbocycles. The van der Waals surface area contributed by atoms with Crippen molar-refractivity contribution >= 4 is 17.5 Å². The van der Waals surface area contributed by atoms with E-state index in [1.807, 2.05) is 24.3 Å². The molecule has 1 aliphatic rings. The van der Waals surface area contributed by atoms with E-state index in [0.717, 1.165) is 48.3 Å². The second kappa shape index (κ2) is 8.04. The van der Waals surface area contributed by atoms with Gasteiger partial charge in [0.1, 0.15) is 11.0 Å². The van der Waals surface area contributed by atoms with Gasteiger partial charge in [0.15, 0.2) is 0 Å². The number of aryl methyl sites for hydroxylation is 1. The van der Waals surface area contributed by atoms with E-state index in [2.05, 4.69) is 9.97 Å². The quantitative estimate of drug-likeness (QED) is 0.400. The Bertz CT molecular complexity index is 1010. The van der Waals surface area contributed by atoms with Crippen LogP contribution in [0.15, 0.2) is 48.8 Å². The fraction of sp³-hybridized carbons (Fsp3) is 0.238. The molecule has 28 heavy (non-hydrogen) atoms. The van der Waals surface area contributed by atoms with Crippen molar-refractivity contribution in [3.8, 4) is 11.3 Å². The van der Waals surface area contributed by atoms with Gasteiger partial charge in [0.2, 0.25) is 0 Å². The molecular formula is C21H19ClN4O2. The molecule has 0 bridgehead atoms. The Balaban J connectivity index is 1.50. The molecule has 1 amide bonds. The Morgan fingerprint density at radius 3 is 2.86 bits per heavy atom. The molecule has 6 nitrogen and oxygen atoms in total. The molecule has 0 spiro atoms. The SMILES string of the molecule is O=C(NO)c1ccc2c(c1)CC(Cc1nccc(-c3ccc(Cl)nc3)n1)CC2. The maximum absolute atomic E-state index is 11.7. The Hall–Kier alpha value is -2.83. The maximum Gasteiger partial charge on any atom is 0.274 e. The van der Waals surface area contributed by atoms with E-state index in [1.54, 1.807) is 30.0 Å². The third-order valence-electron chi connectivity index (χ3n) is 5.10. The third-order valence-corrected chi connectivity index (χ3v) is 5.32. The minimum absolute atomic E-state index is 0.401. The Kier molecular flexibility index (Phi) is 5.32. The van der Waals surface area contributed by atoms with Gasteiger partial charge in [0.05, 0.1) is 5.69 Å². The van der Waals surface area contributed by atoms with E-state index in [9.17, 15) is 4.79 Å². The molecule has 3 aromatic rings. The zero-order valence-electron chi connectivity index (χ0n) is 15.1. The van der Waals surface area contributed by atoms with Crippen molar-refractivity contribution in [2.75, 3.05) is 0 Å². The number of pyridine rings is 1. The van der Waals surface area contributed by atoms with Crippen molar-refractivity contribution in [1.29, 1.82) is 0 Å². The predicted octanol–water partition coefficient (Wildman–Crippen LogP) is 3.66. The summed E-state index contributed by atoms with van der Waals surface area (Å²) in [6, 6.07) is 11.1. The van der Waals surface area contributed by atoms with E-state index in [0.29, 0.717) is 16.6 Å². The zero-order chi connectivity index (χ0) is 19.5. The van der Waals surface area contributed by atoms with Crippen LogP contribution >= 0.6 is 11.6 Å². The fourth-order valence-corrected chi connectivity index (χ4v) is 3.77. The van der Waals surface area contributed by atoms with E-state index in [-0.39, 0.29) is 0 Å². The number of rotatable bonds is 4. The lowest BCUT2D eigenvalue weighted by Gasteiger charge is -2.24. The van der Waals surface area contributed by atoms with Crippen LogP contribution in [-0.4, -0.2) is 26.1 Å². The lowest BCUT2D eigenvalue weighted by molar-refractivity contribution is 0.0706. The first-order valence-electron chi connectivity index (χ1n) is 9.12. The number of fused-ring (bicyclic) bond motifs is 1. The number of nitrogens with zero attached hydrogens (tertiary/aromatic N) is 3. The van der Waals surface area contributed by atoms with Gasteiger partial charge in [-0.3, -0.25) is 10.0 Å². The van der Waals surface area contributed by atoms with Gasteiger partial charge in [0.25, 0.3) is 5.91 Å². The number of hydrogen-bond acceptors (Lipinski definition) is 5. The van der Waals surface area contributed by atoms with E-state index in [1.165, 1.54) is 5.56 Å². The van der Waals surface area contributed by atoms with Crippen LogP contribution in [0.2, 0.25) is 5.15 Å². The molecule has 1 atom stereocenters. The molecule has 2 aromatic heterocycles. The van der Waals surface area contributed by atoms with Crippen LogP contribution in [0.1, 0.15) is 33.7 Å². The highest BCUT2D eigenvalue weighted by Crippen LogP contribution is 2.28. The van der Waals surface area contributed by atoms with Gasteiger partial charge in [-0.05, 0) is 66.6 Å². The van der Waals surface area contributed by atoms with Crippen molar-refractivity contribution < 1.29 is 10.0 Å². The summed E-state index contributed by atoms with van der Waals surface area (Å²) < 4.78 is 0. The monoisotopic (exact) mass is 394 g/mol. The normalized spacial score (nSPS) is 15.7. The molecule has 142 valence electrons. The Labute approximate surface area is 167 Å². The van der Waals surface area contributed by atoms with E-state index in [4.69, 9.17) is 21.8 Å². The summed E-state index contributed by atoms with van der Waals surface area (Å²) >= 11 is 5.86. The van der Waals surface area contributed by atoms with E-state index >= 15 is 0 Å². The topological polar surface area (TPSA) is 88.0 Å². The number of carbonyl (C=O) groups excluding carboxylic acids is 1. The number of nitrogens with one attached hydrogen (secondary N) is 1. The summed E-state index contributed by atoms with van der Waals surface area (Å²) in [4.78, 5) is 24.9. The van der Waals surface area contributed by atoms with Crippen molar-refractivity contribution in [1.82, 2.24) is 20.4 Å². The van der Waals surface area contributed by atoms with Crippen LogP contribution in [0, 0.1) is 5.92 Å². The molecule has 0 saturated heterocycles. The lowest BCUT2D eigenvalue weighted by Crippen LogP contribution is -2.21. The number of hydrogen-bond donors (Lipinski definition) is 2. The van der Waals surface area contributed by atoms with Crippen molar-refractivity contribution in [2.45, 2.75) is 25.7 Å². The standard InChI is InChI=1S/C21H19ClN4O2/c22-19-6-5-16(12-24-19)18-7-8-23-20(25-18)10-13-1-2-14-3-4-15(21(27)26-28)11-17(14)9-13/h3-8,11-13,28H,1-2,9-10H2,(H,26,27). The summed E-state index contributed by atoms with van der Waals surface area (Å²) in [7, 11) is 0. The second-order valence-corrected chi connectivity index (χ2v) is 7.35. The average molecular weight is 395 g/mol. The molecule has 7 heteroatoms. The van der Waals surface area contributed by atoms with Gasteiger partial charge in [0, 0.05) is 29.9 Å². The summed E-state index contributed by atoms with van der Waals surface area (Å²) in [5, 5.41) is 9.30. The molecule has 2 heterocycles. The number of hydroxylamine groups is 1. The van der Waals surface area contributed by atoms with Crippen molar-refractivity contribution in [2.24, 2.45) is 5.92 Å². The lowest BCUT2D eigenvalue weighted by atomic mass is 9.81. The highest BCUT2D eigenvalue weighted by Gasteiger charge is 2.21. The number of aromatic nitrogens is 3. The summed E-state index contributed by atoms with van der Waals surface area (Å²) in [6.07, 6.45) is 7.12. The van der Waals surface area contributed by atoms with Crippen LogP contribution in [0.25, 0.3) is 11.3 Å². The number of halogens is 1. The number of amides is 1. The van der Waals surface area contributed by atoms with Crippen LogP contribution in [0.5, 0.6) is 0 Å².